The molecule has 0 spiro atoms. The van der Waals surface area contributed by atoms with Gasteiger partial charge in [-0.1, -0.05) is 19.9 Å². The van der Waals surface area contributed by atoms with Gasteiger partial charge in [0.15, 0.2) is 0 Å². The molecule has 1 aromatic heterocycles. The van der Waals surface area contributed by atoms with Crippen LogP contribution < -0.4 is 4.74 Å². The molecule has 2 rings (SSSR count). The SMILES string of the molecule is COc1ccc(C(C)C)cc1-c1nc(Cl)[nH]c1C. The summed E-state index contributed by atoms with van der Waals surface area (Å²) in [6, 6.07) is 6.17. The quantitative estimate of drug-likeness (QED) is 0.903. The molecule has 0 saturated heterocycles. The first-order valence-electron chi connectivity index (χ1n) is 5.93. The predicted octanol–water partition coefficient (Wildman–Crippen LogP) is 4.17. The Balaban J connectivity index is 2.60. The van der Waals surface area contributed by atoms with E-state index in [-0.39, 0.29) is 0 Å². The number of methoxy groups -OCH3 is 1. The van der Waals surface area contributed by atoms with E-state index in [2.05, 4.69) is 35.9 Å². The van der Waals surface area contributed by atoms with Crippen molar-refractivity contribution < 1.29 is 4.74 Å². The molecule has 1 N–H and O–H groups in total. The van der Waals surface area contributed by atoms with Crippen LogP contribution in [-0.2, 0) is 0 Å². The highest BCUT2D eigenvalue weighted by Gasteiger charge is 2.14. The van der Waals surface area contributed by atoms with Crippen LogP contribution in [-0.4, -0.2) is 17.1 Å². The third-order valence-electron chi connectivity index (χ3n) is 3.00. The van der Waals surface area contributed by atoms with Gasteiger partial charge in [-0.3, -0.25) is 0 Å². The molecule has 1 heterocycles. The average molecular weight is 265 g/mol. The molecule has 96 valence electrons. The normalized spacial score (nSPS) is 11.0. The molecule has 0 amide bonds. The van der Waals surface area contributed by atoms with Crippen LogP contribution in [0.4, 0.5) is 0 Å². The summed E-state index contributed by atoms with van der Waals surface area (Å²) in [4.78, 5) is 7.32. The number of imidazole rings is 1. The van der Waals surface area contributed by atoms with Crippen LogP contribution in [0.2, 0.25) is 5.28 Å². The summed E-state index contributed by atoms with van der Waals surface area (Å²) >= 11 is 5.91. The molecular formula is C14H17ClN2O. The van der Waals surface area contributed by atoms with E-state index in [1.54, 1.807) is 7.11 Å². The van der Waals surface area contributed by atoms with Crippen molar-refractivity contribution in [1.82, 2.24) is 9.97 Å². The Morgan fingerprint density at radius 2 is 2.06 bits per heavy atom. The number of aromatic amines is 1. The Morgan fingerprint density at radius 3 is 2.56 bits per heavy atom. The molecule has 0 aliphatic heterocycles. The van der Waals surface area contributed by atoms with E-state index < -0.39 is 0 Å². The molecule has 0 bridgehead atoms. The maximum atomic E-state index is 5.91. The number of aryl methyl sites for hydroxylation is 1. The van der Waals surface area contributed by atoms with Crippen LogP contribution in [0.5, 0.6) is 5.75 Å². The van der Waals surface area contributed by atoms with Crippen LogP contribution in [0.3, 0.4) is 0 Å². The van der Waals surface area contributed by atoms with Crippen LogP contribution in [0.25, 0.3) is 11.3 Å². The van der Waals surface area contributed by atoms with Crippen molar-refractivity contribution in [3.63, 3.8) is 0 Å². The van der Waals surface area contributed by atoms with E-state index in [1.165, 1.54) is 5.56 Å². The van der Waals surface area contributed by atoms with Gasteiger partial charge in [-0.25, -0.2) is 4.98 Å². The van der Waals surface area contributed by atoms with Crippen LogP contribution in [0.1, 0.15) is 31.0 Å². The number of halogens is 1. The molecule has 0 fully saturated rings. The molecule has 18 heavy (non-hydrogen) atoms. The molecular weight excluding hydrogens is 248 g/mol. The monoisotopic (exact) mass is 264 g/mol. The highest BCUT2D eigenvalue weighted by Crippen LogP contribution is 2.34. The third kappa shape index (κ3) is 2.36. The van der Waals surface area contributed by atoms with Crippen molar-refractivity contribution in [2.24, 2.45) is 0 Å². The van der Waals surface area contributed by atoms with Gasteiger partial charge in [-0.2, -0.15) is 0 Å². The second kappa shape index (κ2) is 5.02. The standard InChI is InChI=1S/C14H17ClN2O/c1-8(2)10-5-6-12(18-4)11(7-10)13-9(3)16-14(15)17-13/h5-8H,1-4H3,(H,16,17). The first-order valence-corrected chi connectivity index (χ1v) is 6.31. The molecule has 3 nitrogen and oxygen atoms in total. The van der Waals surface area contributed by atoms with Gasteiger partial charge in [0.2, 0.25) is 5.28 Å². The van der Waals surface area contributed by atoms with Crippen LogP contribution in [0.15, 0.2) is 18.2 Å². The molecule has 0 unspecified atom stereocenters. The fourth-order valence-electron chi connectivity index (χ4n) is 1.96. The molecule has 0 atom stereocenters. The van der Waals surface area contributed by atoms with Gasteiger partial charge in [-0.15, -0.1) is 0 Å². The van der Waals surface area contributed by atoms with Crippen molar-refractivity contribution in [1.29, 1.82) is 0 Å². The Hall–Kier alpha value is -1.48. The van der Waals surface area contributed by atoms with Crippen molar-refractivity contribution in [3.8, 4) is 17.0 Å². The van der Waals surface area contributed by atoms with Gasteiger partial charge in [0.1, 0.15) is 5.75 Å². The maximum absolute atomic E-state index is 5.91. The molecule has 0 aliphatic rings. The number of ether oxygens (including phenoxy) is 1. The Morgan fingerprint density at radius 1 is 1.33 bits per heavy atom. The van der Waals surface area contributed by atoms with Gasteiger partial charge in [-0.05, 0) is 42.1 Å². The number of aromatic nitrogens is 2. The fourth-order valence-corrected chi connectivity index (χ4v) is 2.18. The summed E-state index contributed by atoms with van der Waals surface area (Å²) < 4.78 is 5.40. The van der Waals surface area contributed by atoms with Crippen LogP contribution in [0, 0.1) is 6.92 Å². The highest BCUT2D eigenvalue weighted by atomic mass is 35.5. The van der Waals surface area contributed by atoms with E-state index in [1.807, 2.05) is 13.0 Å². The molecule has 0 aliphatic carbocycles. The van der Waals surface area contributed by atoms with Gasteiger partial charge in [0, 0.05) is 11.3 Å². The lowest BCUT2D eigenvalue weighted by Gasteiger charge is -2.11. The number of nitrogens with zero attached hydrogens (tertiary/aromatic N) is 1. The molecule has 0 saturated carbocycles. The highest BCUT2D eigenvalue weighted by molar-refractivity contribution is 6.28. The smallest absolute Gasteiger partial charge is 0.200 e. The fraction of sp³-hybridized carbons (Fsp3) is 0.357. The van der Waals surface area contributed by atoms with E-state index >= 15 is 0 Å². The number of hydrogen-bond acceptors (Lipinski definition) is 2. The number of rotatable bonds is 3. The van der Waals surface area contributed by atoms with Crippen molar-refractivity contribution in [3.05, 3.63) is 34.7 Å². The van der Waals surface area contributed by atoms with E-state index in [4.69, 9.17) is 16.3 Å². The second-order valence-electron chi connectivity index (χ2n) is 4.62. The minimum Gasteiger partial charge on any atom is -0.496 e. The van der Waals surface area contributed by atoms with Gasteiger partial charge >= 0.3 is 0 Å². The Bertz CT molecular complexity index is 561. The van der Waals surface area contributed by atoms with E-state index in [9.17, 15) is 0 Å². The molecule has 1 aromatic carbocycles. The largest absolute Gasteiger partial charge is 0.496 e. The summed E-state index contributed by atoms with van der Waals surface area (Å²) in [7, 11) is 1.66. The predicted molar refractivity (Wildman–Crippen MR) is 74.4 cm³/mol. The average Bonchev–Trinajstić information content (AvgIpc) is 2.67. The van der Waals surface area contributed by atoms with Crippen molar-refractivity contribution >= 4 is 11.6 Å². The van der Waals surface area contributed by atoms with Gasteiger partial charge < -0.3 is 9.72 Å². The third-order valence-corrected chi connectivity index (χ3v) is 3.18. The zero-order valence-corrected chi connectivity index (χ0v) is 11.8. The topological polar surface area (TPSA) is 37.9 Å². The minimum atomic E-state index is 0.402. The van der Waals surface area contributed by atoms with E-state index in [0.29, 0.717) is 11.2 Å². The first-order chi connectivity index (χ1) is 8.52. The summed E-state index contributed by atoms with van der Waals surface area (Å²) in [5, 5.41) is 0.402. The number of H-pyrrole nitrogens is 1. The molecule has 4 heteroatoms. The lowest BCUT2D eigenvalue weighted by atomic mass is 9.98. The number of hydrogen-bond donors (Lipinski definition) is 1. The second-order valence-corrected chi connectivity index (χ2v) is 4.97. The minimum absolute atomic E-state index is 0.402. The van der Waals surface area contributed by atoms with E-state index in [0.717, 1.165) is 22.7 Å². The molecule has 0 radical (unpaired) electrons. The summed E-state index contributed by atoms with van der Waals surface area (Å²) in [6.07, 6.45) is 0. The summed E-state index contributed by atoms with van der Waals surface area (Å²) in [5.41, 5.74) is 4.02. The van der Waals surface area contributed by atoms with Crippen molar-refractivity contribution in [2.75, 3.05) is 7.11 Å². The van der Waals surface area contributed by atoms with Gasteiger partial charge in [0.05, 0.1) is 12.8 Å². The van der Waals surface area contributed by atoms with Gasteiger partial charge in [0.25, 0.3) is 0 Å². The molecule has 2 aromatic rings. The Labute approximate surface area is 112 Å². The maximum Gasteiger partial charge on any atom is 0.200 e. The van der Waals surface area contributed by atoms with Crippen molar-refractivity contribution in [2.45, 2.75) is 26.7 Å². The lowest BCUT2D eigenvalue weighted by Crippen LogP contribution is -1.94. The zero-order valence-electron chi connectivity index (χ0n) is 11.0. The lowest BCUT2D eigenvalue weighted by molar-refractivity contribution is 0.416. The number of nitrogens with one attached hydrogen (secondary N) is 1. The summed E-state index contributed by atoms with van der Waals surface area (Å²) in [5.74, 6) is 1.27. The first kappa shape index (κ1) is 13.0. The van der Waals surface area contributed by atoms with Crippen LogP contribution >= 0.6 is 11.6 Å². The number of benzene rings is 1. The zero-order chi connectivity index (χ0) is 13.3. The summed E-state index contributed by atoms with van der Waals surface area (Å²) in [6.45, 7) is 6.28. The Kier molecular flexibility index (Phi) is 3.62.